The summed E-state index contributed by atoms with van der Waals surface area (Å²) < 4.78 is 14.3. The number of aromatic nitrogens is 5. The first-order valence-electron chi connectivity index (χ1n) is 12.7. The van der Waals surface area contributed by atoms with Crippen LogP contribution in [0.3, 0.4) is 0 Å². The molecule has 1 atom stereocenters. The lowest BCUT2D eigenvalue weighted by atomic mass is 10.1. The van der Waals surface area contributed by atoms with Gasteiger partial charge in [-0.15, -0.1) is 0 Å². The molecule has 0 unspecified atom stereocenters. The van der Waals surface area contributed by atoms with Gasteiger partial charge in [-0.1, -0.05) is 0 Å². The fourth-order valence-corrected chi connectivity index (χ4v) is 5.26. The van der Waals surface area contributed by atoms with Crippen molar-refractivity contribution < 1.29 is 9.47 Å². The Hall–Kier alpha value is -4.44. The maximum absolute atomic E-state index is 6.18. The maximum Gasteiger partial charge on any atom is 0.172 e. The third kappa shape index (κ3) is 3.93. The summed E-state index contributed by atoms with van der Waals surface area (Å²) in [7, 11) is 4.13. The second-order valence-corrected chi connectivity index (χ2v) is 10.0. The number of piperazine rings is 1. The highest BCUT2D eigenvalue weighted by atomic mass is 16.5. The van der Waals surface area contributed by atoms with Crippen molar-refractivity contribution in [2.45, 2.75) is 13.0 Å². The number of anilines is 3. The Morgan fingerprint density at radius 3 is 2.82 bits per heavy atom. The van der Waals surface area contributed by atoms with Crippen LogP contribution in [0.4, 0.5) is 17.3 Å². The summed E-state index contributed by atoms with van der Waals surface area (Å²) in [5, 5.41) is 3.44. The number of aryl methyl sites for hydroxylation is 2. The zero-order valence-electron chi connectivity index (χ0n) is 21.5. The van der Waals surface area contributed by atoms with Crippen LogP contribution in [0.25, 0.3) is 22.1 Å². The standard InChI is InChI=1S/C28H28N8O2/c1-17-10-18(4-7-24(17)38-20-5-6-23-21(11-20)31-16-35(23)3)32-27-26-22(29-15-30-27)12-25-28(33-26)36-9-8-34(2)13-19(36)14-37-25/h4-7,10-12,15-16,19H,8-9,13-14H2,1-3H3,(H,29,30,32)/t19-/m1/s1. The molecule has 2 aromatic carbocycles. The van der Waals surface area contributed by atoms with Gasteiger partial charge in [-0.05, 0) is 49.9 Å². The molecule has 0 amide bonds. The topological polar surface area (TPSA) is 93.5 Å². The molecule has 2 aliphatic heterocycles. The Morgan fingerprint density at radius 1 is 1.00 bits per heavy atom. The van der Waals surface area contributed by atoms with Gasteiger partial charge in [-0.2, -0.15) is 0 Å². The zero-order valence-corrected chi connectivity index (χ0v) is 21.5. The van der Waals surface area contributed by atoms with Gasteiger partial charge in [0.1, 0.15) is 29.9 Å². The van der Waals surface area contributed by atoms with Crippen LogP contribution in [-0.4, -0.2) is 68.7 Å². The Morgan fingerprint density at radius 2 is 1.92 bits per heavy atom. The smallest absolute Gasteiger partial charge is 0.172 e. The minimum atomic E-state index is 0.292. The molecule has 2 aliphatic rings. The highest BCUT2D eigenvalue weighted by Crippen LogP contribution is 2.37. The Labute approximate surface area is 219 Å². The monoisotopic (exact) mass is 508 g/mol. The van der Waals surface area contributed by atoms with Crippen molar-refractivity contribution in [2.75, 3.05) is 43.5 Å². The first-order chi connectivity index (χ1) is 18.5. The van der Waals surface area contributed by atoms with E-state index in [2.05, 4.69) is 37.1 Å². The minimum absolute atomic E-state index is 0.292. The van der Waals surface area contributed by atoms with E-state index in [0.29, 0.717) is 18.5 Å². The number of ether oxygens (including phenoxy) is 2. The van der Waals surface area contributed by atoms with Gasteiger partial charge >= 0.3 is 0 Å². The van der Waals surface area contributed by atoms with Crippen LogP contribution >= 0.6 is 0 Å². The normalized spacial score (nSPS) is 17.2. The lowest BCUT2D eigenvalue weighted by molar-refractivity contribution is 0.187. The molecule has 10 nitrogen and oxygen atoms in total. The van der Waals surface area contributed by atoms with Crippen LogP contribution < -0.4 is 19.7 Å². The average Bonchev–Trinajstić information content (AvgIpc) is 3.29. The van der Waals surface area contributed by atoms with Gasteiger partial charge in [0.05, 0.1) is 28.9 Å². The van der Waals surface area contributed by atoms with Crippen molar-refractivity contribution in [1.82, 2.24) is 29.4 Å². The van der Waals surface area contributed by atoms with Crippen molar-refractivity contribution in [3.8, 4) is 17.2 Å². The van der Waals surface area contributed by atoms with Crippen molar-refractivity contribution in [3.63, 3.8) is 0 Å². The quantitative estimate of drug-likeness (QED) is 0.382. The van der Waals surface area contributed by atoms with Crippen molar-refractivity contribution in [3.05, 3.63) is 60.7 Å². The number of imidazole rings is 1. The third-order valence-corrected chi connectivity index (χ3v) is 7.31. The maximum atomic E-state index is 6.18. The second-order valence-electron chi connectivity index (χ2n) is 10.0. The summed E-state index contributed by atoms with van der Waals surface area (Å²) in [5.74, 6) is 3.83. The van der Waals surface area contributed by atoms with E-state index < -0.39 is 0 Å². The molecule has 5 aromatic rings. The third-order valence-electron chi connectivity index (χ3n) is 7.31. The summed E-state index contributed by atoms with van der Waals surface area (Å²) in [6.45, 7) is 5.55. The SMILES string of the molecule is Cc1cc(Nc2ncnc3cc4c(nc23)N2CCN(C)C[C@@H]2CO4)ccc1Oc1ccc2c(c1)ncn2C. The van der Waals surface area contributed by atoms with Crippen LogP contribution in [-0.2, 0) is 7.05 Å². The Kier molecular flexibility index (Phi) is 5.29. The molecule has 3 aromatic heterocycles. The van der Waals surface area contributed by atoms with E-state index in [1.807, 2.05) is 61.0 Å². The predicted molar refractivity (Wildman–Crippen MR) is 147 cm³/mol. The molecule has 192 valence electrons. The van der Waals surface area contributed by atoms with E-state index in [1.165, 1.54) is 0 Å². The molecule has 0 spiro atoms. The van der Waals surface area contributed by atoms with E-state index in [-0.39, 0.29) is 0 Å². The first-order valence-corrected chi connectivity index (χ1v) is 12.7. The molecule has 10 heteroatoms. The van der Waals surface area contributed by atoms with Crippen molar-refractivity contribution >= 4 is 39.4 Å². The van der Waals surface area contributed by atoms with Gasteiger partial charge in [0.2, 0.25) is 0 Å². The van der Waals surface area contributed by atoms with Crippen LogP contribution in [0.2, 0.25) is 0 Å². The molecule has 0 bridgehead atoms. The fourth-order valence-electron chi connectivity index (χ4n) is 5.26. The van der Waals surface area contributed by atoms with Gasteiger partial charge in [-0.25, -0.2) is 19.9 Å². The first kappa shape index (κ1) is 22.7. The summed E-state index contributed by atoms with van der Waals surface area (Å²) in [5.41, 5.74) is 5.32. The van der Waals surface area contributed by atoms with Crippen LogP contribution in [0.1, 0.15) is 5.56 Å². The molecule has 5 heterocycles. The summed E-state index contributed by atoms with van der Waals surface area (Å²) in [4.78, 5) is 23.1. The molecule has 0 saturated carbocycles. The largest absolute Gasteiger partial charge is 0.487 e. The highest BCUT2D eigenvalue weighted by molar-refractivity contribution is 5.90. The van der Waals surface area contributed by atoms with E-state index in [1.54, 1.807) is 12.7 Å². The van der Waals surface area contributed by atoms with Crippen molar-refractivity contribution in [1.29, 1.82) is 0 Å². The van der Waals surface area contributed by atoms with Crippen molar-refractivity contribution in [2.24, 2.45) is 7.05 Å². The highest BCUT2D eigenvalue weighted by Gasteiger charge is 2.33. The molecule has 0 aliphatic carbocycles. The van der Waals surface area contributed by atoms with E-state index in [9.17, 15) is 0 Å². The van der Waals surface area contributed by atoms with E-state index in [0.717, 1.165) is 76.0 Å². The summed E-state index contributed by atoms with van der Waals surface area (Å²) in [6, 6.07) is 14.2. The second kappa shape index (κ2) is 8.84. The lowest BCUT2D eigenvalue weighted by Crippen LogP contribution is -2.56. The van der Waals surface area contributed by atoms with Gasteiger partial charge in [0.25, 0.3) is 0 Å². The van der Waals surface area contributed by atoms with E-state index >= 15 is 0 Å². The molecule has 1 fully saturated rings. The number of nitrogens with one attached hydrogen (secondary N) is 1. The van der Waals surface area contributed by atoms with Gasteiger partial charge in [-0.3, -0.25) is 0 Å². The fraction of sp³-hybridized carbons (Fsp3) is 0.286. The Balaban J connectivity index is 1.16. The number of hydrogen-bond donors (Lipinski definition) is 1. The molecule has 38 heavy (non-hydrogen) atoms. The van der Waals surface area contributed by atoms with Gasteiger partial charge < -0.3 is 29.2 Å². The molecular weight excluding hydrogens is 480 g/mol. The number of fused-ring (bicyclic) bond motifs is 5. The average molecular weight is 509 g/mol. The van der Waals surface area contributed by atoms with Crippen LogP contribution in [0.15, 0.2) is 55.1 Å². The number of benzene rings is 2. The summed E-state index contributed by atoms with van der Waals surface area (Å²) in [6.07, 6.45) is 3.36. The van der Waals surface area contributed by atoms with E-state index in [4.69, 9.17) is 14.5 Å². The summed E-state index contributed by atoms with van der Waals surface area (Å²) >= 11 is 0. The Bertz CT molecular complexity index is 1680. The van der Waals surface area contributed by atoms with Crippen LogP contribution in [0.5, 0.6) is 17.2 Å². The number of nitrogens with zero attached hydrogens (tertiary/aromatic N) is 7. The van der Waals surface area contributed by atoms with Gasteiger partial charge in [0, 0.05) is 44.5 Å². The zero-order chi connectivity index (χ0) is 25.8. The predicted octanol–water partition coefficient (Wildman–Crippen LogP) is 4.27. The number of rotatable bonds is 4. The van der Waals surface area contributed by atoms with Crippen LogP contribution in [0, 0.1) is 6.92 Å². The lowest BCUT2D eigenvalue weighted by Gasteiger charge is -2.43. The minimum Gasteiger partial charge on any atom is -0.487 e. The van der Waals surface area contributed by atoms with Gasteiger partial charge in [0.15, 0.2) is 17.4 Å². The molecule has 0 radical (unpaired) electrons. The molecule has 1 saturated heterocycles. The molecular formula is C28H28N8O2. The number of hydrogen-bond acceptors (Lipinski definition) is 9. The molecule has 7 rings (SSSR count). The number of likely N-dealkylation sites (N-methyl/N-ethyl adjacent to an activating group) is 1. The molecule has 1 N–H and O–H groups in total. The number of pyridine rings is 1.